The van der Waals surface area contributed by atoms with Crippen LogP contribution in [-0.4, -0.2) is 22.8 Å². The van der Waals surface area contributed by atoms with E-state index in [2.05, 4.69) is 10.6 Å². The van der Waals surface area contributed by atoms with Gasteiger partial charge in [-0.3, -0.25) is 0 Å². The first-order valence-electron chi connectivity index (χ1n) is 5.47. The second kappa shape index (κ2) is 5.65. The fourth-order valence-electron chi connectivity index (χ4n) is 1.79. The molecule has 0 atom stereocenters. The van der Waals surface area contributed by atoms with Crippen molar-refractivity contribution in [3.8, 4) is 0 Å². The van der Waals surface area contributed by atoms with Gasteiger partial charge in [-0.05, 0) is 44.0 Å². The maximum absolute atomic E-state index is 11.3. The summed E-state index contributed by atoms with van der Waals surface area (Å²) in [5.74, 6) is 0. The topological polar surface area (TPSA) is 81.6 Å². The third-order valence-corrected chi connectivity index (χ3v) is 2.45. The minimum atomic E-state index is -1.49. The molecule has 17 heavy (non-hydrogen) atoms. The number of carbonyl (C=O) groups is 1. The predicted molar refractivity (Wildman–Crippen MR) is 65.8 cm³/mol. The number of anilines is 1. The number of carbonyl (C=O) groups excluding carboxylic acids is 1. The van der Waals surface area contributed by atoms with Crippen molar-refractivity contribution in [1.82, 2.24) is 5.32 Å². The number of aliphatic hydroxyl groups is 2. The normalized spacial score (nSPS) is 10.5. The van der Waals surface area contributed by atoms with Gasteiger partial charge in [-0.2, -0.15) is 0 Å². The van der Waals surface area contributed by atoms with Crippen molar-refractivity contribution in [2.45, 2.75) is 27.1 Å². The maximum atomic E-state index is 11.3. The average Bonchev–Trinajstić information content (AvgIpc) is 2.15. The first-order chi connectivity index (χ1) is 7.95. The van der Waals surface area contributed by atoms with Gasteiger partial charge in [0.2, 0.25) is 0 Å². The van der Waals surface area contributed by atoms with Gasteiger partial charge in [-0.25, -0.2) is 4.79 Å². The predicted octanol–water partition coefficient (Wildman–Crippen LogP) is 1.43. The molecule has 0 spiro atoms. The van der Waals surface area contributed by atoms with Crippen molar-refractivity contribution in [2.75, 3.05) is 11.9 Å². The van der Waals surface area contributed by atoms with Gasteiger partial charge < -0.3 is 20.8 Å². The Balaban J connectivity index is 2.94. The van der Waals surface area contributed by atoms with Crippen molar-refractivity contribution in [1.29, 1.82) is 0 Å². The molecule has 1 aromatic rings. The first-order valence-corrected chi connectivity index (χ1v) is 5.47. The van der Waals surface area contributed by atoms with E-state index in [4.69, 9.17) is 0 Å². The lowest BCUT2D eigenvalue weighted by Crippen LogP contribution is -2.28. The molecule has 0 aromatic heterocycles. The van der Waals surface area contributed by atoms with E-state index in [-0.39, 0.29) is 6.03 Å². The molecule has 0 fully saturated rings. The molecule has 0 aliphatic rings. The van der Waals surface area contributed by atoms with Gasteiger partial charge >= 0.3 is 6.03 Å². The molecule has 4 N–H and O–H groups in total. The highest BCUT2D eigenvalue weighted by molar-refractivity contribution is 5.89. The van der Waals surface area contributed by atoms with Gasteiger partial charge in [0, 0.05) is 17.8 Å². The Morgan fingerprint density at radius 2 is 1.82 bits per heavy atom. The largest absolute Gasteiger partial charge is 0.364 e. The molecular formula is C12H18N2O3. The smallest absolute Gasteiger partial charge is 0.319 e. The van der Waals surface area contributed by atoms with Crippen molar-refractivity contribution < 1.29 is 15.0 Å². The van der Waals surface area contributed by atoms with Crippen molar-refractivity contribution in [3.05, 3.63) is 28.8 Å². The summed E-state index contributed by atoms with van der Waals surface area (Å²) in [6.07, 6.45) is -1.49. The number of aryl methyl sites for hydroxylation is 2. The SMILES string of the molecule is CCNC(=O)Nc1cc(C)c(C(O)O)c(C)c1. The molecule has 0 unspecified atom stereocenters. The number of hydrogen-bond acceptors (Lipinski definition) is 3. The monoisotopic (exact) mass is 238 g/mol. The highest BCUT2D eigenvalue weighted by atomic mass is 16.5. The lowest BCUT2D eigenvalue weighted by atomic mass is 10.0. The Morgan fingerprint density at radius 3 is 2.24 bits per heavy atom. The summed E-state index contributed by atoms with van der Waals surface area (Å²) in [5.41, 5.74) is 2.57. The Bertz CT molecular complexity index is 393. The molecule has 0 aliphatic heterocycles. The van der Waals surface area contributed by atoms with Crippen molar-refractivity contribution in [3.63, 3.8) is 0 Å². The molecule has 0 saturated carbocycles. The third-order valence-electron chi connectivity index (χ3n) is 2.45. The number of amides is 2. The van der Waals surface area contributed by atoms with E-state index in [0.717, 1.165) is 11.1 Å². The Kier molecular flexibility index (Phi) is 4.48. The Labute approximate surface area is 100 Å². The van der Waals surface area contributed by atoms with E-state index in [9.17, 15) is 15.0 Å². The zero-order valence-electron chi connectivity index (χ0n) is 10.2. The van der Waals surface area contributed by atoms with E-state index in [1.165, 1.54) is 0 Å². The van der Waals surface area contributed by atoms with Crippen LogP contribution in [0.5, 0.6) is 0 Å². The van der Waals surface area contributed by atoms with Gasteiger partial charge in [-0.15, -0.1) is 0 Å². The fraction of sp³-hybridized carbons (Fsp3) is 0.417. The lowest BCUT2D eigenvalue weighted by Gasteiger charge is -2.14. The molecule has 1 rings (SSSR count). The van der Waals surface area contributed by atoms with Gasteiger partial charge in [0.05, 0.1) is 0 Å². The van der Waals surface area contributed by atoms with E-state index < -0.39 is 6.29 Å². The second-order valence-corrected chi connectivity index (χ2v) is 3.88. The number of rotatable bonds is 3. The molecule has 5 heteroatoms. The number of aliphatic hydroxyl groups excluding tert-OH is 1. The van der Waals surface area contributed by atoms with Crippen LogP contribution in [0.4, 0.5) is 10.5 Å². The Morgan fingerprint density at radius 1 is 1.29 bits per heavy atom. The summed E-state index contributed by atoms with van der Waals surface area (Å²) in [6, 6.07) is 3.14. The molecule has 2 amide bonds. The average molecular weight is 238 g/mol. The van der Waals surface area contributed by atoms with E-state index in [1.807, 2.05) is 6.92 Å². The fourth-order valence-corrected chi connectivity index (χ4v) is 1.79. The van der Waals surface area contributed by atoms with Crippen LogP contribution >= 0.6 is 0 Å². The van der Waals surface area contributed by atoms with Gasteiger partial charge in [0.15, 0.2) is 6.29 Å². The number of benzene rings is 1. The number of nitrogens with one attached hydrogen (secondary N) is 2. The summed E-state index contributed by atoms with van der Waals surface area (Å²) in [4.78, 5) is 11.3. The number of urea groups is 1. The highest BCUT2D eigenvalue weighted by Crippen LogP contribution is 2.24. The van der Waals surface area contributed by atoms with Crippen LogP contribution in [0, 0.1) is 13.8 Å². The third kappa shape index (κ3) is 3.44. The van der Waals surface area contributed by atoms with Crippen molar-refractivity contribution >= 4 is 11.7 Å². The summed E-state index contributed by atoms with van der Waals surface area (Å²) in [7, 11) is 0. The zero-order chi connectivity index (χ0) is 13.0. The van der Waals surface area contributed by atoms with E-state index in [0.29, 0.717) is 17.8 Å². The van der Waals surface area contributed by atoms with E-state index in [1.54, 1.807) is 26.0 Å². The van der Waals surface area contributed by atoms with Crippen LogP contribution in [0.25, 0.3) is 0 Å². The molecule has 94 valence electrons. The summed E-state index contributed by atoms with van der Waals surface area (Å²) in [5, 5.41) is 23.7. The van der Waals surface area contributed by atoms with Crippen LogP contribution in [0.3, 0.4) is 0 Å². The molecule has 5 nitrogen and oxygen atoms in total. The van der Waals surface area contributed by atoms with Crippen molar-refractivity contribution in [2.24, 2.45) is 0 Å². The van der Waals surface area contributed by atoms with Gasteiger partial charge in [0.1, 0.15) is 0 Å². The summed E-state index contributed by atoms with van der Waals surface area (Å²) >= 11 is 0. The molecule has 0 heterocycles. The van der Waals surface area contributed by atoms with Gasteiger partial charge in [0.25, 0.3) is 0 Å². The molecule has 1 aromatic carbocycles. The summed E-state index contributed by atoms with van der Waals surface area (Å²) < 4.78 is 0. The Hall–Kier alpha value is -1.59. The molecular weight excluding hydrogens is 220 g/mol. The molecule has 0 saturated heterocycles. The van der Waals surface area contributed by atoms with Crippen LogP contribution in [0.2, 0.25) is 0 Å². The van der Waals surface area contributed by atoms with Gasteiger partial charge in [-0.1, -0.05) is 0 Å². The van der Waals surface area contributed by atoms with Crippen LogP contribution in [0.1, 0.15) is 29.9 Å². The minimum Gasteiger partial charge on any atom is -0.364 e. The molecule has 0 bridgehead atoms. The lowest BCUT2D eigenvalue weighted by molar-refractivity contribution is -0.0433. The zero-order valence-corrected chi connectivity index (χ0v) is 10.2. The molecule has 0 radical (unpaired) electrons. The number of hydrogen-bond donors (Lipinski definition) is 4. The highest BCUT2D eigenvalue weighted by Gasteiger charge is 2.12. The van der Waals surface area contributed by atoms with E-state index >= 15 is 0 Å². The first kappa shape index (κ1) is 13.5. The van der Waals surface area contributed by atoms with Crippen LogP contribution in [-0.2, 0) is 0 Å². The van der Waals surface area contributed by atoms with Crippen LogP contribution < -0.4 is 10.6 Å². The quantitative estimate of drug-likeness (QED) is 0.601. The second-order valence-electron chi connectivity index (χ2n) is 3.88. The molecule has 0 aliphatic carbocycles. The minimum absolute atomic E-state index is 0.274. The summed E-state index contributed by atoms with van der Waals surface area (Å²) in [6.45, 7) is 5.92. The maximum Gasteiger partial charge on any atom is 0.319 e. The van der Waals surface area contributed by atoms with Crippen LogP contribution in [0.15, 0.2) is 12.1 Å². The standard InChI is InChI=1S/C12H18N2O3/c1-4-13-12(17)14-9-5-7(2)10(11(15)16)8(3)6-9/h5-6,11,15-16H,4H2,1-3H3,(H2,13,14,17).